The fraction of sp³-hybridized carbons (Fsp3) is 0.273. The minimum Gasteiger partial charge on any atom is -0.440 e. The van der Waals surface area contributed by atoms with Gasteiger partial charge in [0.15, 0.2) is 11.5 Å². The number of fused-ring (bicyclic) bond motifs is 1. The maximum absolute atomic E-state index is 12.9. The molecule has 0 spiro atoms. The average molecular weight is 423 g/mol. The summed E-state index contributed by atoms with van der Waals surface area (Å²) in [5.41, 5.74) is 1.73. The van der Waals surface area contributed by atoms with Gasteiger partial charge in [0.25, 0.3) is 5.91 Å². The Labute approximate surface area is 178 Å². The summed E-state index contributed by atoms with van der Waals surface area (Å²) in [4.78, 5) is 30.1. The van der Waals surface area contributed by atoms with Crippen LogP contribution in [0.2, 0.25) is 5.02 Å². The molecule has 0 radical (unpaired) electrons. The second-order valence-corrected chi connectivity index (χ2v) is 7.89. The smallest absolute Gasteiger partial charge is 0.251 e. The summed E-state index contributed by atoms with van der Waals surface area (Å²) in [5, 5.41) is 15.2. The summed E-state index contributed by atoms with van der Waals surface area (Å²) in [5.74, 6) is -0.581. The number of para-hydroxylation sites is 1. The standard InChI is InChI=1S/C22H19ClN4O3/c1-13-4-2-7-16-19(13)30-18(25-16)11-17(21(29)27-22(12-24)8-9-22)26-20(28)14-5-3-6-15(23)10-14/h2-7,10,17H,8-9,11H2,1H3,(H,26,28)(H,27,29)/t17-/m0/s1. The number of carbonyl (C=O) groups excluding carboxylic acids is 2. The Bertz CT molecular complexity index is 1180. The lowest BCUT2D eigenvalue weighted by molar-refractivity contribution is -0.123. The minimum atomic E-state index is -0.962. The molecule has 0 bridgehead atoms. The molecule has 4 rings (SSSR count). The summed E-state index contributed by atoms with van der Waals surface area (Å²) >= 11 is 5.97. The lowest BCUT2D eigenvalue weighted by Crippen LogP contribution is -2.51. The van der Waals surface area contributed by atoms with Gasteiger partial charge in [-0.1, -0.05) is 29.8 Å². The van der Waals surface area contributed by atoms with E-state index in [4.69, 9.17) is 16.0 Å². The van der Waals surface area contributed by atoms with Crippen LogP contribution in [0.5, 0.6) is 0 Å². The molecule has 0 unspecified atom stereocenters. The van der Waals surface area contributed by atoms with E-state index in [1.165, 1.54) is 6.07 Å². The number of oxazole rings is 1. The minimum absolute atomic E-state index is 0.0494. The van der Waals surface area contributed by atoms with Crippen LogP contribution >= 0.6 is 11.6 Å². The van der Waals surface area contributed by atoms with Crippen molar-refractivity contribution >= 4 is 34.5 Å². The summed E-state index contributed by atoms with van der Waals surface area (Å²) < 4.78 is 5.83. The first-order valence-corrected chi connectivity index (χ1v) is 9.92. The van der Waals surface area contributed by atoms with E-state index in [1.54, 1.807) is 18.2 Å². The summed E-state index contributed by atoms with van der Waals surface area (Å²) in [6, 6.07) is 13.2. The monoisotopic (exact) mass is 422 g/mol. The van der Waals surface area contributed by atoms with Gasteiger partial charge in [-0.15, -0.1) is 0 Å². The highest BCUT2D eigenvalue weighted by Gasteiger charge is 2.45. The summed E-state index contributed by atoms with van der Waals surface area (Å²) in [6.07, 6.45) is 1.23. The molecule has 1 aliphatic carbocycles. The maximum Gasteiger partial charge on any atom is 0.251 e. The van der Waals surface area contributed by atoms with Crippen molar-refractivity contribution in [1.82, 2.24) is 15.6 Å². The number of aryl methyl sites for hydroxylation is 1. The highest BCUT2D eigenvalue weighted by atomic mass is 35.5. The Hall–Kier alpha value is -3.37. The quantitative estimate of drug-likeness (QED) is 0.633. The fourth-order valence-corrected chi connectivity index (χ4v) is 3.38. The van der Waals surface area contributed by atoms with Crippen molar-refractivity contribution < 1.29 is 14.0 Å². The van der Waals surface area contributed by atoms with Gasteiger partial charge in [0, 0.05) is 10.6 Å². The lowest BCUT2D eigenvalue weighted by atomic mass is 10.1. The van der Waals surface area contributed by atoms with Gasteiger partial charge in [0.2, 0.25) is 5.91 Å². The number of benzene rings is 2. The average Bonchev–Trinajstić information content (AvgIpc) is 3.37. The van der Waals surface area contributed by atoms with Crippen molar-refractivity contribution in [2.45, 2.75) is 37.8 Å². The first-order chi connectivity index (χ1) is 14.4. The summed E-state index contributed by atoms with van der Waals surface area (Å²) in [6.45, 7) is 1.91. The van der Waals surface area contributed by atoms with Crippen LogP contribution in [0.1, 0.15) is 34.7 Å². The van der Waals surface area contributed by atoms with E-state index in [0.717, 1.165) is 5.56 Å². The van der Waals surface area contributed by atoms with Crippen LogP contribution in [0, 0.1) is 18.3 Å². The Morgan fingerprint density at radius 2 is 2.07 bits per heavy atom. The van der Waals surface area contributed by atoms with Gasteiger partial charge in [-0.2, -0.15) is 5.26 Å². The number of rotatable bonds is 6. The van der Waals surface area contributed by atoms with Gasteiger partial charge >= 0.3 is 0 Å². The second-order valence-electron chi connectivity index (χ2n) is 7.45. The molecule has 0 saturated heterocycles. The molecule has 1 aliphatic rings. The number of nitriles is 1. The van der Waals surface area contributed by atoms with Gasteiger partial charge in [-0.3, -0.25) is 9.59 Å². The molecular weight excluding hydrogens is 404 g/mol. The lowest BCUT2D eigenvalue weighted by Gasteiger charge is -2.19. The number of amides is 2. The first-order valence-electron chi connectivity index (χ1n) is 9.54. The number of hydrogen-bond donors (Lipinski definition) is 2. The van der Waals surface area contributed by atoms with E-state index in [2.05, 4.69) is 21.7 Å². The Balaban J connectivity index is 1.59. The van der Waals surface area contributed by atoms with Crippen LogP contribution in [0.15, 0.2) is 46.9 Å². The molecule has 8 heteroatoms. The molecule has 1 saturated carbocycles. The normalized spacial score (nSPS) is 15.2. The summed E-state index contributed by atoms with van der Waals surface area (Å²) in [7, 11) is 0. The van der Waals surface area contributed by atoms with Gasteiger partial charge in [0.1, 0.15) is 17.1 Å². The second kappa shape index (κ2) is 7.81. The number of aromatic nitrogens is 1. The van der Waals surface area contributed by atoms with Crippen LogP contribution < -0.4 is 10.6 Å². The zero-order valence-corrected chi connectivity index (χ0v) is 17.0. The van der Waals surface area contributed by atoms with Crippen molar-refractivity contribution in [3.05, 3.63) is 64.5 Å². The third kappa shape index (κ3) is 4.14. The maximum atomic E-state index is 12.9. The van der Waals surface area contributed by atoms with Crippen molar-refractivity contribution in [3.8, 4) is 6.07 Å². The fourth-order valence-electron chi connectivity index (χ4n) is 3.19. The topological polar surface area (TPSA) is 108 Å². The molecule has 1 heterocycles. The van der Waals surface area contributed by atoms with E-state index in [-0.39, 0.29) is 6.42 Å². The Kier molecular flexibility index (Phi) is 5.18. The van der Waals surface area contributed by atoms with Crippen molar-refractivity contribution in [2.75, 3.05) is 0 Å². The zero-order valence-electron chi connectivity index (χ0n) is 16.2. The Morgan fingerprint density at radius 3 is 2.73 bits per heavy atom. The Morgan fingerprint density at radius 1 is 1.30 bits per heavy atom. The first kappa shape index (κ1) is 19.9. The third-order valence-corrected chi connectivity index (χ3v) is 5.31. The van der Waals surface area contributed by atoms with Gasteiger partial charge in [-0.05, 0) is 49.6 Å². The zero-order chi connectivity index (χ0) is 21.3. The highest BCUT2D eigenvalue weighted by Crippen LogP contribution is 2.34. The predicted octanol–water partition coefficient (Wildman–Crippen LogP) is 3.30. The molecule has 2 aromatic carbocycles. The number of nitrogens with zero attached hydrogens (tertiary/aromatic N) is 2. The molecule has 7 nitrogen and oxygen atoms in total. The molecule has 1 aromatic heterocycles. The van der Waals surface area contributed by atoms with Crippen molar-refractivity contribution in [3.63, 3.8) is 0 Å². The molecule has 2 N–H and O–H groups in total. The van der Waals surface area contributed by atoms with Crippen LogP contribution in [-0.4, -0.2) is 28.4 Å². The predicted molar refractivity (Wildman–Crippen MR) is 111 cm³/mol. The van der Waals surface area contributed by atoms with Crippen LogP contribution in [-0.2, 0) is 11.2 Å². The number of hydrogen-bond acceptors (Lipinski definition) is 5. The van der Waals surface area contributed by atoms with Crippen LogP contribution in [0.4, 0.5) is 0 Å². The largest absolute Gasteiger partial charge is 0.440 e. The number of carbonyl (C=O) groups is 2. The van der Waals surface area contributed by atoms with Gasteiger partial charge < -0.3 is 15.1 Å². The van der Waals surface area contributed by atoms with E-state index in [9.17, 15) is 14.9 Å². The van der Waals surface area contributed by atoms with Crippen LogP contribution in [0.25, 0.3) is 11.1 Å². The molecule has 30 heavy (non-hydrogen) atoms. The highest BCUT2D eigenvalue weighted by molar-refractivity contribution is 6.31. The molecule has 1 atom stereocenters. The van der Waals surface area contributed by atoms with Gasteiger partial charge in [-0.25, -0.2) is 4.98 Å². The van der Waals surface area contributed by atoms with Crippen LogP contribution in [0.3, 0.4) is 0 Å². The number of halogens is 1. The molecule has 0 aliphatic heterocycles. The van der Waals surface area contributed by atoms with E-state index < -0.39 is 23.4 Å². The van der Waals surface area contributed by atoms with E-state index in [1.807, 2.05) is 25.1 Å². The van der Waals surface area contributed by atoms with Crippen molar-refractivity contribution in [2.24, 2.45) is 0 Å². The SMILES string of the molecule is Cc1cccc2nc(C[C@H](NC(=O)c3cccc(Cl)c3)C(=O)NC3(C#N)CC3)oc12. The molecule has 2 amide bonds. The van der Waals surface area contributed by atoms with Gasteiger partial charge in [0.05, 0.1) is 12.5 Å². The number of nitrogens with one attached hydrogen (secondary N) is 2. The van der Waals surface area contributed by atoms with E-state index >= 15 is 0 Å². The molecule has 3 aromatic rings. The molecule has 1 fully saturated rings. The third-order valence-electron chi connectivity index (χ3n) is 5.07. The van der Waals surface area contributed by atoms with E-state index in [0.29, 0.717) is 40.4 Å². The molecular formula is C22H19ClN4O3. The van der Waals surface area contributed by atoms with Crippen molar-refractivity contribution in [1.29, 1.82) is 5.26 Å². The molecule has 152 valence electrons.